The van der Waals surface area contributed by atoms with Gasteiger partial charge in [0.05, 0.1) is 19.8 Å². The van der Waals surface area contributed by atoms with Crippen LogP contribution < -0.4 is 0 Å². The average molecular weight is 228 g/mol. The van der Waals surface area contributed by atoms with E-state index in [1.165, 1.54) is 0 Å². The highest BCUT2D eigenvalue weighted by Crippen LogP contribution is 2.07. The van der Waals surface area contributed by atoms with Gasteiger partial charge in [0.1, 0.15) is 0 Å². The molecule has 14 heavy (non-hydrogen) atoms. The molecule has 0 aromatic heterocycles. The Morgan fingerprint density at radius 3 is 1.29 bits per heavy atom. The summed E-state index contributed by atoms with van der Waals surface area (Å²) in [5.41, 5.74) is 0. The largest absolute Gasteiger partial charge is 0.761 e. The van der Waals surface area contributed by atoms with Crippen LogP contribution in [0.3, 0.4) is 0 Å². The van der Waals surface area contributed by atoms with E-state index >= 15 is 0 Å². The van der Waals surface area contributed by atoms with E-state index in [0.29, 0.717) is 0 Å². The van der Waals surface area contributed by atoms with Gasteiger partial charge in [0.15, 0.2) is 0 Å². The zero-order valence-electron chi connectivity index (χ0n) is 8.52. The van der Waals surface area contributed by atoms with E-state index in [1.54, 1.807) is 20.8 Å². The van der Waals surface area contributed by atoms with E-state index < -0.39 is 9.05 Å². The first-order valence-electron chi connectivity index (χ1n) is 4.32. The molecule has 0 atom stereocenters. The van der Waals surface area contributed by atoms with Crippen molar-refractivity contribution in [1.82, 2.24) is 0 Å². The van der Waals surface area contributed by atoms with Gasteiger partial charge in [-0.25, -0.2) is 14.7 Å². The van der Waals surface area contributed by atoms with Gasteiger partial charge in [0.2, 0.25) is 0 Å². The van der Waals surface area contributed by atoms with Crippen molar-refractivity contribution in [3.63, 3.8) is 0 Å². The topological polar surface area (TPSA) is 75.6 Å². The van der Waals surface area contributed by atoms with Crippen LogP contribution in [-0.2, 0) is 28.4 Å². The lowest BCUT2D eigenvalue weighted by Crippen LogP contribution is -2.46. The van der Waals surface area contributed by atoms with E-state index in [9.17, 15) is 4.80 Å². The van der Waals surface area contributed by atoms with Crippen molar-refractivity contribution in [2.75, 3.05) is 19.8 Å². The molecule has 0 aliphatic rings. The quantitative estimate of drug-likeness (QED) is 0.346. The van der Waals surface area contributed by atoms with Crippen molar-refractivity contribution in [2.24, 2.45) is 0 Å². The van der Waals surface area contributed by atoms with Crippen LogP contribution in [0.25, 0.3) is 0 Å². The highest BCUT2D eigenvalue weighted by molar-refractivity contribution is 6.51. The molecule has 0 aliphatic carbocycles. The minimum Gasteiger partial charge on any atom is -0.363 e. The molecule has 0 aliphatic heterocycles. The molecule has 0 spiro atoms. The Morgan fingerprint density at radius 2 is 1.07 bits per heavy atom. The molecule has 0 saturated heterocycles. The van der Waals surface area contributed by atoms with E-state index in [2.05, 4.69) is 28.4 Å². The Kier molecular flexibility index (Phi) is 8.22. The van der Waals surface area contributed by atoms with Crippen molar-refractivity contribution >= 4 is 9.05 Å². The van der Waals surface area contributed by atoms with Gasteiger partial charge in [-0.1, -0.05) is 0 Å². The van der Waals surface area contributed by atoms with Gasteiger partial charge in [-0.15, -0.1) is 0 Å². The summed E-state index contributed by atoms with van der Waals surface area (Å²) in [7, 11) is -3.98. The molecule has 0 radical (unpaired) electrons. The van der Waals surface area contributed by atoms with E-state index in [0.717, 1.165) is 0 Å². The predicted molar refractivity (Wildman–Crippen MR) is 46.1 cm³/mol. The Morgan fingerprint density at radius 1 is 0.786 bits per heavy atom. The van der Waals surface area contributed by atoms with Crippen LogP contribution >= 0.6 is 0 Å². The molecule has 0 aromatic rings. The molecule has 7 nitrogen and oxygen atoms in total. The molecule has 8 heteroatoms. The maximum absolute atomic E-state index is 9.50. The van der Waals surface area contributed by atoms with Gasteiger partial charge in [-0.3, -0.25) is 0 Å². The summed E-state index contributed by atoms with van der Waals surface area (Å²) in [4.78, 5) is 23.0. The van der Waals surface area contributed by atoms with E-state index in [1.807, 2.05) is 0 Å². The van der Waals surface area contributed by atoms with Crippen molar-refractivity contribution in [3.8, 4) is 0 Å². The predicted octanol–water partition coefficient (Wildman–Crippen LogP) is 0.319. The number of rotatable bonds is 9. The summed E-state index contributed by atoms with van der Waals surface area (Å²) in [6.45, 7) is 5.74. The smallest absolute Gasteiger partial charge is 0.363 e. The molecule has 1 N–H and O–H groups in total. The standard InChI is InChI=1S/C6H16O7Si/c1-4-8-11-14(7,12-9-5-2)13-10-6-3/h7H,4-6H2,1-3H3. The minimum absolute atomic E-state index is 0.236. The van der Waals surface area contributed by atoms with Crippen molar-refractivity contribution < 1.29 is 33.2 Å². The summed E-state index contributed by atoms with van der Waals surface area (Å²) >= 11 is 0. The third-order valence-corrected chi connectivity index (χ3v) is 1.83. The third-order valence-electron chi connectivity index (χ3n) is 0.846. The van der Waals surface area contributed by atoms with E-state index in [-0.39, 0.29) is 19.8 Å². The second-order valence-electron chi connectivity index (χ2n) is 1.99. The molecular weight excluding hydrogens is 212 g/mol. The first-order valence-corrected chi connectivity index (χ1v) is 6.00. The second kappa shape index (κ2) is 8.26. The normalized spacial score (nSPS) is 12.0. The van der Waals surface area contributed by atoms with Crippen LogP contribution in [-0.4, -0.2) is 33.7 Å². The molecule has 0 fully saturated rings. The zero-order chi connectivity index (χ0) is 10.9. The number of hydrogen-bond acceptors (Lipinski definition) is 7. The number of hydrogen-bond donors (Lipinski definition) is 1. The zero-order valence-corrected chi connectivity index (χ0v) is 9.52. The Hall–Kier alpha value is -0.0631. The van der Waals surface area contributed by atoms with Crippen LogP contribution in [0.2, 0.25) is 0 Å². The van der Waals surface area contributed by atoms with Gasteiger partial charge < -0.3 is 4.80 Å². The maximum Gasteiger partial charge on any atom is 0.761 e. The van der Waals surface area contributed by atoms with Gasteiger partial charge in [-0.05, 0) is 20.8 Å². The molecule has 0 aromatic carbocycles. The minimum atomic E-state index is -3.98. The van der Waals surface area contributed by atoms with Gasteiger partial charge in [0, 0.05) is 0 Å². The fourth-order valence-electron chi connectivity index (χ4n) is 0.442. The van der Waals surface area contributed by atoms with Crippen molar-refractivity contribution in [2.45, 2.75) is 20.8 Å². The lowest BCUT2D eigenvalue weighted by molar-refractivity contribution is -0.381. The summed E-state index contributed by atoms with van der Waals surface area (Å²) in [6, 6.07) is 0. The molecule has 0 rings (SSSR count). The van der Waals surface area contributed by atoms with Crippen LogP contribution in [0.4, 0.5) is 0 Å². The fraction of sp³-hybridized carbons (Fsp3) is 1.00. The van der Waals surface area contributed by atoms with Gasteiger partial charge in [-0.2, -0.15) is 13.7 Å². The third kappa shape index (κ3) is 6.40. The highest BCUT2D eigenvalue weighted by atomic mass is 28.4. The lowest BCUT2D eigenvalue weighted by Gasteiger charge is -2.18. The van der Waals surface area contributed by atoms with Gasteiger partial charge >= 0.3 is 9.05 Å². The van der Waals surface area contributed by atoms with E-state index in [4.69, 9.17) is 0 Å². The molecule has 86 valence electrons. The molecule has 0 heterocycles. The molecule has 0 unspecified atom stereocenters. The average Bonchev–Trinajstić information content (AvgIpc) is 2.21. The Balaban J connectivity index is 3.89. The monoisotopic (exact) mass is 228 g/mol. The van der Waals surface area contributed by atoms with Crippen LogP contribution in [0.1, 0.15) is 20.8 Å². The molecular formula is C6H16O7Si. The maximum atomic E-state index is 9.50. The van der Waals surface area contributed by atoms with Crippen molar-refractivity contribution in [3.05, 3.63) is 0 Å². The lowest BCUT2D eigenvalue weighted by atomic mass is 10.9. The molecule has 0 saturated carbocycles. The second-order valence-corrected chi connectivity index (χ2v) is 3.54. The first-order chi connectivity index (χ1) is 6.68. The highest BCUT2D eigenvalue weighted by Gasteiger charge is 2.47. The summed E-state index contributed by atoms with van der Waals surface area (Å²) in [5, 5.41) is 0. The Bertz CT molecular complexity index is 112. The van der Waals surface area contributed by atoms with Crippen LogP contribution in [0.5, 0.6) is 0 Å². The van der Waals surface area contributed by atoms with Crippen LogP contribution in [0.15, 0.2) is 0 Å². The molecule has 0 bridgehead atoms. The van der Waals surface area contributed by atoms with Crippen LogP contribution in [0, 0.1) is 0 Å². The van der Waals surface area contributed by atoms with Gasteiger partial charge in [0.25, 0.3) is 0 Å². The summed E-state index contributed by atoms with van der Waals surface area (Å²) < 4.78 is 13.4. The fourth-order valence-corrected chi connectivity index (χ4v) is 1.33. The summed E-state index contributed by atoms with van der Waals surface area (Å²) in [5.74, 6) is 0. The Labute approximate surface area is 83.7 Å². The molecule has 0 amide bonds. The summed E-state index contributed by atoms with van der Waals surface area (Å²) in [6.07, 6.45) is 0. The first kappa shape index (κ1) is 13.9. The van der Waals surface area contributed by atoms with Crippen molar-refractivity contribution in [1.29, 1.82) is 0 Å². The SMILES string of the molecule is CCOO[Si](O)(OOCC)OOCC.